The van der Waals surface area contributed by atoms with Gasteiger partial charge < -0.3 is 25.2 Å². The van der Waals surface area contributed by atoms with Crippen LogP contribution < -0.4 is 15.4 Å². The van der Waals surface area contributed by atoms with Gasteiger partial charge in [-0.2, -0.15) is 0 Å². The van der Waals surface area contributed by atoms with Crippen LogP contribution in [0.25, 0.3) is 0 Å². The van der Waals surface area contributed by atoms with Crippen molar-refractivity contribution in [2.45, 2.75) is 40.7 Å². The predicted octanol–water partition coefficient (Wildman–Crippen LogP) is 3.59. The quantitative estimate of drug-likeness (QED) is 0.268. The fourth-order valence-electron chi connectivity index (χ4n) is 3.55. The van der Waals surface area contributed by atoms with Crippen molar-refractivity contribution in [3.05, 3.63) is 29.3 Å². The first-order valence-corrected chi connectivity index (χ1v) is 11.4. The molecule has 6 nitrogen and oxygen atoms in total. The van der Waals surface area contributed by atoms with Gasteiger partial charge in [-0.15, -0.1) is 24.0 Å². The zero-order valence-electron chi connectivity index (χ0n) is 20.4. The van der Waals surface area contributed by atoms with Crippen molar-refractivity contribution in [3.8, 4) is 5.75 Å². The smallest absolute Gasteiger partial charge is 0.191 e. The summed E-state index contributed by atoms with van der Waals surface area (Å²) in [5.41, 5.74) is 2.39. The molecule has 1 aliphatic rings. The highest BCUT2D eigenvalue weighted by Crippen LogP contribution is 2.21. The summed E-state index contributed by atoms with van der Waals surface area (Å²) in [6.45, 7) is 17.0. The van der Waals surface area contributed by atoms with Crippen molar-refractivity contribution in [1.29, 1.82) is 0 Å². The predicted molar refractivity (Wildman–Crippen MR) is 143 cm³/mol. The minimum Gasteiger partial charge on any atom is -0.493 e. The fraction of sp³-hybridized carbons (Fsp3) is 0.708. The van der Waals surface area contributed by atoms with Gasteiger partial charge in [0.05, 0.1) is 6.61 Å². The van der Waals surface area contributed by atoms with Crippen molar-refractivity contribution >= 4 is 29.9 Å². The first-order chi connectivity index (χ1) is 14.4. The van der Waals surface area contributed by atoms with Crippen molar-refractivity contribution in [2.24, 2.45) is 16.8 Å². The summed E-state index contributed by atoms with van der Waals surface area (Å²) < 4.78 is 6.08. The number of hydrogen-bond donors (Lipinski definition) is 2. The molecule has 1 atom stereocenters. The average Bonchev–Trinajstić information content (AvgIpc) is 2.71. The van der Waals surface area contributed by atoms with E-state index < -0.39 is 0 Å². The Morgan fingerprint density at radius 2 is 1.84 bits per heavy atom. The van der Waals surface area contributed by atoms with Crippen LogP contribution in [0.2, 0.25) is 0 Å². The van der Waals surface area contributed by atoms with Crippen LogP contribution in [0.1, 0.15) is 38.3 Å². The van der Waals surface area contributed by atoms with Crippen molar-refractivity contribution < 1.29 is 4.74 Å². The Balaban J connectivity index is 0.00000480. The Morgan fingerprint density at radius 3 is 2.48 bits per heavy atom. The molecule has 1 aromatic carbocycles. The monoisotopic (exact) mass is 545 g/mol. The van der Waals surface area contributed by atoms with Crippen LogP contribution in [-0.2, 0) is 6.54 Å². The molecule has 0 aliphatic carbocycles. The highest BCUT2D eigenvalue weighted by molar-refractivity contribution is 14.0. The van der Waals surface area contributed by atoms with Gasteiger partial charge in [-0.05, 0) is 43.9 Å². The zero-order chi connectivity index (χ0) is 21.9. The minimum atomic E-state index is 0. The molecule has 0 radical (unpaired) electrons. The Labute approximate surface area is 207 Å². The van der Waals surface area contributed by atoms with Crippen LogP contribution >= 0.6 is 24.0 Å². The lowest BCUT2D eigenvalue weighted by Crippen LogP contribution is -2.47. The molecule has 0 bridgehead atoms. The molecule has 1 aromatic rings. The first-order valence-electron chi connectivity index (χ1n) is 11.4. The largest absolute Gasteiger partial charge is 0.493 e. The summed E-state index contributed by atoms with van der Waals surface area (Å²) in [5, 5.41) is 6.94. The van der Waals surface area contributed by atoms with Gasteiger partial charge in [0.25, 0.3) is 0 Å². The molecule has 178 valence electrons. The van der Waals surface area contributed by atoms with Crippen LogP contribution in [0.3, 0.4) is 0 Å². The molecule has 0 amide bonds. The van der Waals surface area contributed by atoms with E-state index in [9.17, 15) is 0 Å². The SMILES string of the molecule is CN=C(NCc1ccc(C)cc1OCCC(C)C)NCC(C)CN1CCN(C)CC1.I. The summed E-state index contributed by atoms with van der Waals surface area (Å²) in [6.07, 6.45) is 1.06. The lowest BCUT2D eigenvalue weighted by molar-refractivity contribution is 0.139. The van der Waals surface area contributed by atoms with Crippen molar-refractivity contribution in [2.75, 3.05) is 60.0 Å². The summed E-state index contributed by atoms with van der Waals surface area (Å²) in [7, 11) is 4.03. The van der Waals surface area contributed by atoms with Crippen molar-refractivity contribution in [1.82, 2.24) is 20.4 Å². The van der Waals surface area contributed by atoms with E-state index in [0.29, 0.717) is 18.4 Å². The molecule has 0 spiro atoms. The van der Waals surface area contributed by atoms with Crippen LogP contribution in [0.5, 0.6) is 5.75 Å². The van der Waals surface area contributed by atoms with Crippen molar-refractivity contribution in [3.63, 3.8) is 0 Å². The number of guanidine groups is 1. The van der Waals surface area contributed by atoms with Crippen LogP contribution in [0.4, 0.5) is 0 Å². The van der Waals surface area contributed by atoms with E-state index in [-0.39, 0.29) is 24.0 Å². The molecule has 7 heteroatoms. The standard InChI is InChI=1S/C24H43N5O.HI/c1-19(2)9-14-30-23-15-20(3)7-8-22(23)17-27-24(25-5)26-16-21(4)18-29-12-10-28(6)11-13-29;/h7-8,15,19,21H,9-14,16-18H2,1-6H3,(H2,25,26,27);1H. The van der Waals surface area contributed by atoms with E-state index in [1.807, 2.05) is 7.05 Å². The number of hydrogen-bond acceptors (Lipinski definition) is 4. The molecular weight excluding hydrogens is 501 g/mol. The minimum absolute atomic E-state index is 0. The highest BCUT2D eigenvalue weighted by atomic mass is 127. The van der Waals surface area contributed by atoms with E-state index in [1.54, 1.807) is 0 Å². The lowest BCUT2D eigenvalue weighted by atomic mass is 10.1. The number of nitrogens with one attached hydrogen (secondary N) is 2. The summed E-state index contributed by atoms with van der Waals surface area (Å²) in [6, 6.07) is 6.42. The van der Waals surface area contributed by atoms with Crippen LogP contribution in [0.15, 0.2) is 23.2 Å². The number of likely N-dealkylation sites (N-methyl/N-ethyl adjacent to an activating group) is 1. The topological polar surface area (TPSA) is 52.1 Å². The third-order valence-corrected chi connectivity index (χ3v) is 5.63. The van der Waals surface area contributed by atoms with E-state index in [1.165, 1.54) is 31.7 Å². The number of nitrogens with zero attached hydrogens (tertiary/aromatic N) is 3. The molecule has 1 aliphatic heterocycles. The molecule has 1 fully saturated rings. The molecule has 2 rings (SSSR count). The Morgan fingerprint density at radius 1 is 1.13 bits per heavy atom. The van der Waals surface area contributed by atoms with Gasteiger partial charge >= 0.3 is 0 Å². The molecule has 2 N–H and O–H groups in total. The second-order valence-electron chi connectivity index (χ2n) is 9.16. The lowest BCUT2D eigenvalue weighted by Gasteiger charge is -2.34. The van der Waals surface area contributed by atoms with E-state index >= 15 is 0 Å². The van der Waals surface area contributed by atoms with Gasteiger partial charge in [0.1, 0.15) is 5.75 Å². The van der Waals surface area contributed by atoms with Gasteiger partial charge in [-0.3, -0.25) is 4.99 Å². The summed E-state index contributed by atoms with van der Waals surface area (Å²) >= 11 is 0. The second-order valence-corrected chi connectivity index (χ2v) is 9.16. The normalized spacial score (nSPS) is 16.7. The number of aryl methyl sites for hydroxylation is 1. The van der Waals surface area contributed by atoms with Gasteiger partial charge in [0.15, 0.2) is 5.96 Å². The highest BCUT2D eigenvalue weighted by Gasteiger charge is 2.16. The molecule has 1 saturated heterocycles. The Bertz CT molecular complexity index is 659. The van der Waals surface area contributed by atoms with Gasteiger partial charge in [-0.25, -0.2) is 0 Å². The van der Waals surface area contributed by atoms with Crippen LogP contribution in [0, 0.1) is 18.8 Å². The van der Waals surface area contributed by atoms with E-state index in [4.69, 9.17) is 4.74 Å². The number of benzene rings is 1. The summed E-state index contributed by atoms with van der Waals surface area (Å²) in [4.78, 5) is 9.36. The fourth-order valence-corrected chi connectivity index (χ4v) is 3.55. The first kappa shape index (κ1) is 28.0. The van der Waals surface area contributed by atoms with E-state index in [2.05, 4.69) is 78.4 Å². The third-order valence-electron chi connectivity index (χ3n) is 5.63. The molecule has 1 unspecified atom stereocenters. The maximum Gasteiger partial charge on any atom is 0.191 e. The maximum absolute atomic E-state index is 6.08. The van der Waals surface area contributed by atoms with Crippen LogP contribution in [-0.4, -0.2) is 75.7 Å². The number of ether oxygens (including phenoxy) is 1. The maximum atomic E-state index is 6.08. The molecule has 31 heavy (non-hydrogen) atoms. The number of piperazine rings is 1. The van der Waals surface area contributed by atoms with Gasteiger partial charge in [0, 0.05) is 58.4 Å². The van der Waals surface area contributed by atoms with Gasteiger partial charge in [0.2, 0.25) is 0 Å². The zero-order valence-corrected chi connectivity index (χ0v) is 22.7. The van der Waals surface area contributed by atoms with E-state index in [0.717, 1.165) is 43.4 Å². The van der Waals surface area contributed by atoms with Gasteiger partial charge in [-0.1, -0.05) is 32.9 Å². The molecule has 1 heterocycles. The average molecular weight is 546 g/mol. The Hall–Kier alpha value is -1.06. The third kappa shape index (κ3) is 10.9. The number of halogens is 1. The number of rotatable bonds is 10. The summed E-state index contributed by atoms with van der Waals surface area (Å²) in [5.74, 6) is 3.03. The molecule has 0 saturated carbocycles. The second kappa shape index (κ2) is 14.9. The molecular formula is C24H44IN5O. The number of aliphatic imine (C=N–C) groups is 1. The Kier molecular flexibility index (Phi) is 13.4. The molecule has 0 aromatic heterocycles.